The van der Waals surface area contributed by atoms with Gasteiger partial charge in [-0.2, -0.15) is 0 Å². The van der Waals surface area contributed by atoms with Crippen molar-refractivity contribution in [2.24, 2.45) is 5.92 Å². The van der Waals surface area contributed by atoms with Gasteiger partial charge in [-0.3, -0.25) is 9.59 Å². The first-order valence-electron chi connectivity index (χ1n) is 8.15. The van der Waals surface area contributed by atoms with Crippen LogP contribution in [0, 0.1) is 11.3 Å². The minimum absolute atomic E-state index is 0.0423. The predicted molar refractivity (Wildman–Crippen MR) is 99.6 cm³/mol. The summed E-state index contributed by atoms with van der Waals surface area (Å²) in [7, 11) is 1.51. The van der Waals surface area contributed by atoms with Crippen LogP contribution in [-0.2, 0) is 14.4 Å². The Morgan fingerprint density at radius 2 is 2.00 bits per heavy atom. The predicted octanol–water partition coefficient (Wildman–Crippen LogP) is 2.21. The number of hydrogen-bond donors (Lipinski definition) is 4. The Morgan fingerprint density at radius 1 is 1.27 bits per heavy atom. The van der Waals surface area contributed by atoms with Gasteiger partial charge in [0.2, 0.25) is 11.8 Å². The molecule has 0 bridgehead atoms. The van der Waals surface area contributed by atoms with Gasteiger partial charge in [-0.15, -0.1) is 0 Å². The second kappa shape index (κ2) is 8.24. The van der Waals surface area contributed by atoms with E-state index in [-0.39, 0.29) is 41.7 Å². The summed E-state index contributed by atoms with van der Waals surface area (Å²) in [6.07, 6.45) is 0.914. The highest BCUT2D eigenvalue weighted by Gasteiger charge is 2.21. The van der Waals surface area contributed by atoms with Crippen molar-refractivity contribution in [3.05, 3.63) is 35.9 Å². The molecule has 0 aliphatic carbocycles. The molecule has 2 amide bonds. The van der Waals surface area contributed by atoms with Crippen molar-refractivity contribution < 1.29 is 19.5 Å². The van der Waals surface area contributed by atoms with E-state index < -0.39 is 5.92 Å². The van der Waals surface area contributed by atoms with Crippen LogP contribution in [0.15, 0.2) is 30.3 Å². The fraction of sp³-hybridized carbons (Fsp3) is 0.263. The maximum atomic E-state index is 11.4. The molecule has 0 aliphatic heterocycles. The molecule has 26 heavy (non-hydrogen) atoms. The number of carbonyl (C=O) groups excluding carboxylic acids is 3. The average molecular weight is 355 g/mol. The number of amides is 2. The second-order valence-corrected chi connectivity index (χ2v) is 5.94. The quantitative estimate of drug-likeness (QED) is 0.449. The summed E-state index contributed by atoms with van der Waals surface area (Å²) < 4.78 is 0. The van der Waals surface area contributed by atoms with Crippen LogP contribution in [-0.4, -0.2) is 36.0 Å². The summed E-state index contributed by atoms with van der Waals surface area (Å²) in [5, 5.41) is 25.1. The zero-order valence-corrected chi connectivity index (χ0v) is 14.6. The Bertz CT molecular complexity index is 876. The van der Waals surface area contributed by atoms with Gasteiger partial charge < -0.3 is 25.9 Å². The number of rotatable bonds is 7. The van der Waals surface area contributed by atoms with Crippen LogP contribution >= 0.6 is 0 Å². The van der Waals surface area contributed by atoms with Crippen LogP contribution in [0.3, 0.4) is 0 Å². The smallest absolute Gasteiger partial charge is 0.221 e. The van der Waals surface area contributed by atoms with E-state index >= 15 is 0 Å². The van der Waals surface area contributed by atoms with Gasteiger partial charge in [0.25, 0.3) is 0 Å². The highest BCUT2D eigenvalue weighted by atomic mass is 16.3. The molecule has 2 aromatic rings. The molecule has 0 radical (unpaired) electrons. The number of benzene rings is 2. The maximum Gasteiger partial charge on any atom is 0.221 e. The molecule has 0 saturated heterocycles. The Labute approximate surface area is 150 Å². The van der Waals surface area contributed by atoms with Crippen LogP contribution in [0.2, 0.25) is 0 Å². The molecule has 0 heterocycles. The number of carbonyl (C=O) groups is 3. The standard InChI is InChI=1S/C19H21N3O4/c1-11(24)22-14-5-6-15-12(9-14)3-7-16(25)18(15)19(20)13(10-23)4-8-17(26)21-2/h3,5-7,9-10,13,20,25H,4,8H2,1-2H3,(H,21,26)(H,22,24). The van der Waals surface area contributed by atoms with Gasteiger partial charge in [0, 0.05) is 31.6 Å². The molecule has 0 aliphatic rings. The van der Waals surface area contributed by atoms with E-state index in [4.69, 9.17) is 5.41 Å². The lowest BCUT2D eigenvalue weighted by atomic mass is 9.89. The third-order valence-electron chi connectivity index (χ3n) is 4.08. The van der Waals surface area contributed by atoms with Crippen LogP contribution in [0.4, 0.5) is 5.69 Å². The molecular formula is C19H21N3O4. The number of fused-ring (bicyclic) bond motifs is 1. The molecule has 1 unspecified atom stereocenters. The zero-order chi connectivity index (χ0) is 19.3. The number of aldehydes is 1. The van der Waals surface area contributed by atoms with E-state index in [1.54, 1.807) is 24.3 Å². The van der Waals surface area contributed by atoms with Gasteiger partial charge >= 0.3 is 0 Å². The normalized spacial score (nSPS) is 11.6. The summed E-state index contributed by atoms with van der Waals surface area (Å²) in [4.78, 5) is 34.1. The minimum atomic E-state index is -0.807. The summed E-state index contributed by atoms with van der Waals surface area (Å²) in [6, 6.07) is 8.20. The van der Waals surface area contributed by atoms with E-state index in [9.17, 15) is 19.5 Å². The van der Waals surface area contributed by atoms with Gasteiger partial charge in [-0.1, -0.05) is 12.1 Å². The first-order valence-corrected chi connectivity index (χ1v) is 8.15. The van der Waals surface area contributed by atoms with Crippen molar-refractivity contribution in [3.63, 3.8) is 0 Å². The van der Waals surface area contributed by atoms with Gasteiger partial charge in [0.05, 0.1) is 11.6 Å². The fourth-order valence-corrected chi connectivity index (χ4v) is 2.76. The van der Waals surface area contributed by atoms with E-state index in [0.717, 1.165) is 0 Å². The molecule has 2 aromatic carbocycles. The molecule has 4 N–H and O–H groups in total. The average Bonchev–Trinajstić information content (AvgIpc) is 2.61. The Morgan fingerprint density at radius 3 is 2.62 bits per heavy atom. The van der Waals surface area contributed by atoms with Gasteiger partial charge in [-0.05, 0) is 35.4 Å². The van der Waals surface area contributed by atoms with Gasteiger partial charge in [0.1, 0.15) is 12.0 Å². The molecule has 136 valence electrons. The van der Waals surface area contributed by atoms with Crippen molar-refractivity contribution >= 4 is 40.3 Å². The number of aromatic hydroxyl groups is 1. The molecule has 0 fully saturated rings. The number of phenols is 1. The Kier molecular flexibility index (Phi) is 6.06. The van der Waals surface area contributed by atoms with Crippen molar-refractivity contribution in [1.82, 2.24) is 5.32 Å². The minimum Gasteiger partial charge on any atom is -0.507 e. The molecule has 0 saturated carbocycles. The van der Waals surface area contributed by atoms with E-state index in [1.807, 2.05) is 0 Å². The maximum absolute atomic E-state index is 11.4. The molecule has 7 nitrogen and oxygen atoms in total. The highest BCUT2D eigenvalue weighted by Crippen LogP contribution is 2.31. The van der Waals surface area contributed by atoms with E-state index in [0.29, 0.717) is 22.7 Å². The van der Waals surface area contributed by atoms with Gasteiger partial charge in [-0.25, -0.2) is 0 Å². The second-order valence-electron chi connectivity index (χ2n) is 5.94. The Hall–Kier alpha value is -3.22. The van der Waals surface area contributed by atoms with Crippen molar-refractivity contribution in [1.29, 1.82) is 5.41 Å². The molecule has 0 spiro atoms. The third-order valence-corrected chi connectivity index (χ3v) is 4.08. The lowest BCUT2D eigenvalue weighted by molar-refractivity contribution is -0.121. The van der Waals surface area contributed by atoms with Crippen molar-refractivity contribution in [3.8, 4) is 5.75 Å². The van der Waals surface area contributed by atoms with Crippen LogP contribution in [0.1, 0.15) is 25.3 Å². The number of hydrogen-bond acceptors (Lipinski definition) is 5. The molecule has 1 atom stereocenters. The van der Waals surface area contributed by atoms with Crippen LogP contribution in [0.5, 0.6) is 5.75 Å². The molecule has 0 aromatic heterocycles. The monoisotopic (exact) mass is 355 g/mol. The largest absolute Gasteiger partial charge is 0.507 e. The summed E-state index contributed by atoms with van der Waals surface area (Å²) in [5.41, 5.74) is 0.810. The number of phenolic OH excluding ortho intramolecular Hbond substituents is 1. The summed E-state index contributed by atoms with van der Waals surface area (Å²) in [5.74, 6) is -1.33. The first-order chi connectivity index (χ1) is 12.4. The summed E-state index contributed by atoms with van der Waals surface area (Å²) >= 11 is 0. The molecule has 7 heteroatoms. The number of anilines is 1. The Balaban J connectivity index is 2.41. The van der Waals surface area contributed by atoms with Crippen LogP contribution < -0.4 is 10.6 Å². The first kappa shape index (κ1) is 19.1. The topological polar surface area (TPSA) is 119 Å². The zero-order valence-electron chi connectivity index (χ0n) is 14.6. The fourth-order valence-electron chi connectivity index (χ4n) is 2.76. The van der Waals surface area contributed by atoms with Crippen molar-refractivity contribution in [2.45, 2.75) is 19.8 Å². The summed E-state index contributed by atoms with van der Waals surface area (Å²) in [6.45, 7) is 1.41. The lowest BCUT2D eigenvalue weighted by Crippen LogP contribution is -2.22. The third kappa shape index (κ3) is 4.24. The van der Waals surface area contributed by atoms with E-state index in [1.165, 1.54) is 20.0 Å². The SMILES string of the molecule is CNC(=O)CCC(C=O)C(=N)c1c(O)ccc2cc(NC(C)=O)ccc12. The van der Waals surface area contributed by atoms with Gasteiger partial charge in [0.15, 0.2) is 0 Å². The van der Waals surface area contributed by atoms with Crippen LogP contribution in [0.25, 0.3) is 10.8 Å². The molecular weight excluding hydrogens is 334 g/mol. The molecule has 2 rings (SSSR count). The lowest BCUT2D eigenvalue weighted by Gasteiger charge is -2.16. The van der Waals surface area contributed by atoms with E-state index in [2.05, 4.69) is 10.6 Å². The van der Waals surface area contributed by atoms with Crippen molar-refractivity contribution in [2.75, 3.05) is 12.4 Å². The highest BCUT2D eigenvalue weighted by molar-refractivity contribution is 6.16. The number of nitrogens with one attached hydrogen (secondary N) is 3.